The highest BCUT2D eigenvalue weighted by molar-refractivity contribution is 9.10. The van der Waals surface area contributed by atoms with Gasteiger partial charge in [-0.25, -0.2) is 4.79 Å². The summed E-state index contributed by atoms with van der Waals surface area (Å²) in [5.74, 6) is 0.808. The van der Waals surface area contributed by atoms with E-state index in [4.69, 9.17) is 9.47 Å². The second-order valence-electron chi connectivity index (χ2n) is 5.08. The number of carbonyl (C=O) groups is 1. The fourth-order valence-electron chi connectivity index (χ4n) is 2.42. The molecule has 22 heavy (non-hydrogen) atoms. The predicted octanol–water partition coefficient (Wildman–Crippen LogP) is 4.20. The summed E-state index contributed by atoms with van der Waals surface area (Å²) in [5, 5.41) is 2.91. The van der Waals surface area contributed by atoms with Crippen LogP contribution in [0, 0.1) is 0 Å². The molecule has 1 heterocycles. The molecule has 1 N–H and O–H groups in total. The average Bonchev–Trinajstić information content (AvgIpc) is 2.54. The third-order valence-corrected chi connectivity index (χ3v) is 4.01. The summed E-state index contributed by atoms with van der Waals surface area (Å²) >= 11 is 3.45. The number of carbonyl (C=O) groups excluding carboxylic acids is 1. The molecule has 114 valence electrons. The van der Waals surface area contributed by atoms with Gasteiger partial charge in [-0.1, -0.05) is 46.3 Å². The summed E-state index contributed by atoms with van der Waals surface area (Å²) in [7, 11) is 0. The molecule has 0 radical (unpaired) electrons. The van der Waals surface area contributed by atoms with E-state index in [1.165, 1.54) is 0 Å². The highest BCUT2D eigenvalue weighted by Crippen LogP contribution is 2.34. The van der Waals surface area contributed by atoms with E-state index in [1.54, 1.807) is 0 Å². The number of fused-ring (bicyclic) bond motifs is 1. The van der Waals surface area contributed by atoms with Crippen LogP contribution < -0.4 is 10.1 Å². The zero-order chi connectivity index (χ0) is 15.4. The largest absolute Gasteiger partial charge is 0.493 e. The number of nitrogens with one attached hydrogen (secondary N) is 1. The Morgan fingerprint density at radius 2 is 2.09 bits per heavy atom. The van der Waals surface area contributed by atoms with Crippen LogP contribution in [0.4, 0.5) is 4.79 Å². The van der Waals surface area contributed by atoms with Gasteiger partial charge in [-0.2, -0.15) is 0 Å². The molecule has 0 aliphatic carbocycles. The van der Waals surface area contributed by atoms with Gasteiger partial charge in [0.1, 0.15) is 12.4 Å². The number of hydrogen-bond donors (Lipinski definition) is 1. The number of benzene rings is 2. The highest BCUT2D eigenvalue weighted by Gasteiger charge is 2.23. The molecule has 1 unspecified atom stereocenters. The number of alkyl carbamates (subject to hydrolysis) is 1. The molecule has 2 aromatic carbocycles. The highest BCUT2D eigenvalue weighted by atomic mass is 79.9. The topological polar surface area (TPSA) is 47.6 Å². The van der Waals surface area contributed by atoms with Gasteiger partial charge in [0, 0.05) is 16.5 Å². The van der Waals surface area contributed by atoms with E-state index in [0.29, 0.717) is 6.61 Å². The molecule has 1 aliphatic heterocycles. The van der Waals surface area contributed by atoms with Crippen molar-refractivity contribution in [2.24, 2.45) is 0 Å². The van der Waals surface area contributed by atoms with Crippen molar-refractivity contribution >= 4 is 22.0 Å². The van der Waals surface area contributed by atoms with Crippen LogP contribution in [-0.2, 0) is 11.3 Å². The van der Waals surface area contributed by atoms with E-state index >= 15 is 0 Å². The molecule has 1 atom stereocenters. The second-order valence-corrected chi connectivity index (χ2v) is 5.99. The number of rotatable bonds is 3. The second kappa shape index (κ2) is 6.83. The van der Waals surface area contributed by atoms with Crippen molar-refractivity contribution < 1.29 is 14.3 Å². The van der Waals surface area contributed by atoms with Crippen LogP contribution >= 0.6 is 15.9 Å². The Balaban J connectivity index is 1.62. The van der Waals surface area contributed by atoms with Crippen molar-refractivity contribution in [1.82, 2.24) is 5.32 Å². The first-order chi connectivity index (χ1) is 10.7. The Labute approximate surface area is 137 Å². The maximum absolute atomic E-state index is 12.0. The maximum atomic E-state index is 12.0. The standard InChI is InChI=1S/C17H16BrNO3/c18-13-6-7-16-14(10-13)15(8-9-21-16)19-17(20)22-11-12-4-2-1-3-5-12/h1-7,10,15H,8-9,11H2,(H,19,20). The van der Waals surface area contributed by atoms with E-state index in [-0.39, 0.29) is 12.6 Å². The monoisotopic (exact) mass is 361 g/mol. The van der Waals surface area contributed by atoms with Crippen LogP contribution in [-0.4, -0.2) is 12.7 Å². The maximum Gasteiger partial charge on any atom is 0.407 e. The molecule has 0 saturated heterocycles. The van der Waals surface area contributed by atoms with Crippen molar-refractivity contribution in [2.45, 2.75) is 19.1 Å². The smallest absolute Gasteiger partial charge is 0.407 e. The molecular formula is C17H16BrNO3. The fraction of sp³-hybridized carbons (Fsp3) is 0.235. The minimum absolute atomic E-state index is 0.0930. The lowest BCUT2D eigenvalue weighted by molar-refractivity contribution is 0.131. The van der Waals surface area contributed by atoms with Crippen LogP contribution in [0.25, 0.3) is 0 Å². The Morgan fingerprint density at radius 3 is 2.91 bits per heavy atom. The summed E-state index contributed by atoms with van der Waals surface area (Å²) in [4.78, 5) is 12.0. The third-order valence-electron chi connectivity index (χ3n) is 3.52. The van der Waals surface area contributed by atoms with Crippen molar-refractivity contribution in [2.75, 3.05) is 6.61 Å². The van der Waals surface area contributed by atoms with Crippen molar-refractivity contribution in [3.8, 4) is 5.75 Å². The Kier molecular flexibility index (Phi) is 4.63. The van der Waals surface area contributed by atoms with Crippen LogP contribution in [0.1, 0.15) is 23.6 Å². The molecule has 0 fully saturated rings. The molecule has 0 spiro atoms. The Morgan fingerprint density at radius 1 is 1.27 bits per heavy atom. The number of hydrogen-bond acceptors (Lipinski definition) is 3. The van der Waals surface area contributed by atoms with Gasteiger partial charge in [0.05, 0.1) is 12.6 Å². The minimum Gasteiger partial charge on any atom is -0.493 e. The van der Waals surface area contributed by atoms with E-state index in [9.17, 15) is 4.79 Å². The van der Waals surface area contributed by atoms with Crippen LogP contribution in [0.2, 0.25) is 0 Å². The van der Waals surface area contributed by atoms with Crippen LogP contribution in [0.3, 0.4) is 0 Å². The zero-order valence-corrected chi connectivity index (χ0v) is 13.5. The normalized spacial score (nSPS) is 16.3. The van der Waals surface area contributed by atoms with Gasteiger partial charge in [0.2, 0.25) is 0 Å². The first-order valence-electron chi connectivity index (χ1n) is 7.12. The molecule has 5 heteroatoms. The minimum atomic E-state index is -0.415. The van der Waals surface area contributed by atoms with Gasteiger partial charge < -0.3 is 14.8 Å². The van der Waals surface area contributed by atoms with Crippen molar-refractivity contribution in [1.29, 1.82) is 0 Å². The summed E-state index contributed by atoms with van der Waals surface area (Å²) in [6.07, 6.45) is 0.311. The van der Waals surface area contributed by atoms with Crippen LogP contribution in [0.15, 0.2) is 53.0 Å². The van der Waals surface area contributed by atoms with Crippen molar-refractivity contribution in [3.05, 3.63) is 64.1 Å². The van der Waals surface area contributed by atoms with Gasteiger partial charge in [-0.15, -0.1) is 0 Å². The van der Waals surface area contributed by atoms with Crippen LogP contribution in [0.5, 0.6) is 5.75 Å². The molecule has 2 aromatic rings. The molecule has 0 bridgehead atoms. The SMILES string of the molecule is O=C(NC1CCOc2ccc(Br)cc21)OCc1ccccc1. The van der Waals surface area contributed by atoms with Gasteiger partial charge in [-0.05, 0) is 23.8 Å². The molecule has 0 aromatic heterocycles. The molecule has 1 aliphatic rings. The predicted molar refractivity (Wildman–Crippen MR) is 86.8 cm³/mol. The molecule has 1 amide bonds. The van der Waals surface area contributed by atoms with E-state index < -0.39 is 6.09 Å². The van der Waals surface area contributed by atoms with Gasteiger partial charge in [0.15, 0.2) is 0 Å². The summed E-state index contributed by atoms with van der Waals surface area (Å²) < 4.78 is 11.8. The lowest BCUT2D eigenvalue weighted by atomic mass is 10.0. The van der Waals surface area contributed by atoms with E-state index in [2.05, 4.69) is 21.2 Å². The quantitative estimate of drug-likeness (QED) is 0.890. The summed E-state index contributed by atoms with van der Waals surface area (Å²) in [5.41, 5.74) is 1.94. The first kappa shape index (κ1) is 14.9. The molecule has 0 saturated carbocycles. The number of halogens is 1. The fourth-order valence-corrected chi connectivity index (χ4v) is 2.80. The molecule has 3 rings (SSSR count). The third kappa shape index (κ3) is 3.60. The lowest BCUT2D eigenvalue weighted by Gasteiger charge is -2.26. The Bertz CT molecular complexity index is 660. The van der Waals surface area contributed by atoms with Gasteiger partial charge in [-0.3, -0.25) is 0 Å². The first-order valence-corrected chi connectivity index (χ1v) is 7.91. The zero-order valence-electron chi connectivity index (χ0n) is 11.9. The summed E-state index contributed by atoms with van der Waals surface area (Å²) in [6, 6.07) is 15.3. The number of amides is 1. The number of ether oxygens (including phenoxy) is 2. The lowest BCUT2D eigenvalue weighted by Crippen LogP contribution is -2.32. The molecular weight excluding hydrogens is 346 g/mol. The molecule has 4 nitrogen and oxygen atoms in total. The van der Waals surface area contributed by atoms with E-state index in [0.717, 1.165) is 27.8 Å². The van der Waals surface area contributed by atoms with E-state index in [1.807, 2.05) is 48.5 Å². The van der Waals surface area contributed by atoms with Gasteiger partial charge >= 0.3 is 6.09 Å². The van der Waals surface area contributed by atoms with Gasteiger partial charge in [0.25, 0.3) is 0 Å². The van der Waals surface area contributed by atoms with Crippen molar-refractivity contribution in [3.63, 3.8) is 0 Å². The summed E-state index contributed by atoms with van der Waals surface area (Å²) in [6.45, 7) is 0.847. The average molecular weight is 362 g/mol. The Hall–Kier alpha value is -2.01.